The number of aromatic hydroxyl groups is 1. The van der Waals surface area contributed by atoms with Crippen LogP contribution in [0.4, 0.5) is 0 Å². The van der Waals surface area contributed by atoms with Gasteiger partial charge in [-0.1, -0.05) is 37.3 Å². The molecule has 0 radical (unpaired) electrons. The molecule has 0 fully saturated rings. The van der Waals surface area contributed by atoms with Gasteiger partial charge in [0.05, 0.1) is 17.9 Å². The van der Waals surface area contributed by atoms with Crippen LogP contribution in [-0.2, 0) is 4.79 Å². The van der Waals surface area contributed by atoms with Gasteiger partial charge in [-0.25, -0.2) is 0 Å². The molecule has 0 saturated heterocycles. The zero-order valence-corrected chi connectivity index (χ0v) is 18.0. The first-order valence-corrected chi connectivity index (χ1v) is 10.4. The van der Waals surface area contributed by atoms with Crippen molar-refractivity contribution in [2.24, 2.45) is 5.92 Å². The van der Waals surface area contributed by atoms with Crippen LogP contribution in [0.2, 0.25) is 0 Å². The summed E-state index contributed by atoms with van der Waals surface area (Å²) in [5.41, 5.74) is 0.992. The maximum absolute atomic E-state index is 13.2. The van der Waals surface area contributed by atoms with E-state index < -0.39 is 23.4 Å². The Balaban J connectivity index is 2.05. The number of benzene rings is 2. The minimum absolute atomic E-state index is 0.0960. The number of carboxylic acid groups (broad SMARTS) is 1. The predicted molar refractivity (Wildman–Crippen MR) is 116 cm³/mol. The van der Waals surface area contributed by atoms with Gasteiger partial charge in [-0.15, -0.1) is 0 Å². The fraction of sp³-hybridized carbons (Fsp3) is 0.360. The van der Waals surface area contributed by atoms with E-state index in [2.05, 4.69) is 0 Å². The molecular weight excluding hydrogens is 396 g/mol. The largest absolute Gasteiger partial charge is 0.507 e. The van der Waals surface area contributed by atoms with E-state index in [0.29, 0.717) is 28.2 Å². The fourth-order valence-corrected chi connectivity index (χ4v) is 4.22. The Hall–Kier alpha value is -3.28. The van der Waals surface area contributed by atoms with Crippen LogP contribution in [0.1, 0.15) is 67.1 Å². The first-order valence-electron chi connectivity index (χ1n) is 10.4. The van der Waals surface area contributed by atoms with E-state index in [1.165, 1.54) is 0 Å². The van der Waals surface area contributed by atoms with Crippen molar-refractivity contribution in [3.8, 4) is 17.2 Å². The molecule has 2 heterocycles. The van der Waals surface area contributed by atoms with Crippen molar-refractivity contribution in [2.45, 2.75) is 51.7 Å². The quantitative estimate of drug-likeness (QED) is 0.736. The van der Waals surface area contributed by atoms with Crippen molar-refractivity contribution < 1.29 is 29.3 Å². The van der Waals surface area contributed by atoms with Gasteiger partial charge in [-0.05, 0) is 38.5 Å². The van der Waals surface area contributed by atoms with Gasteiger partial charge >= 0.3 is 5.97 Å². The molecule has 0 saturated carbocycles. The van der Waals surface area contributed by atoms with Crippen molar-refractivity contribution in [2.75, 3.05) is 0 Å². The van der Waals surface area contributed by atoms with E-state index in [-0.39, 0.29) is 29.6 Å². The molecule has 4 rings (SSSR count). The number of hydrogen-bond acceptors (Lipinski definition) is 5. The van der Waals surface area contributed by atoms with Gasteiger partial charge in [0.1, 0.15) is 34.5 Å². The Labute approximate surface area is 181 Å². The molecule has 6 heteroatoms. The number of phenols is 1. The molecule has 0 bridgehead atoms. The van der Waals surface area contributed by atoms with Crippen LogP contribution in [0.3, 0.4) is 0 Å². The lowest BCUT2D eigenvalue weighted by molar-refractivity contribution is -0.137. The molecule has 6 nitrogen and oxygen atoms in total. The van der Waals surface area contributed by atoms with Crippen LogP contribution in [-0.4, -0.2) is 33.7 Å². The standard InChI is InChI=1S/C25H26O6/c1-13-14(2)30-23-16-10-11-25(3,4)31-24(16)19(22(29)20(23)21(13)28)17(12-18(26)27)15-8-6-5-7-9-15/h5-11,13-14,17,29H,12H2,1-4H3,(H,26,27)/t13-,14+,17-/m0/s1. The lowest BCUT2D eigenvalue weighted by Crippen LogP contribution is -2.35. The summed E-state index contributed by atoms with van der Waals surface area (Å²) in [5, 5.41) is 21.0. The van der Waals surface area contributed by atoms with Gasteiger partial charge in [0, 0.05) is 11.5 Å². The number of carboxylic acids is 1. The summed E-state index contributed by atoms with van der Waals surface area (Å²) in [6.45, 7) is 7.32. The third-order valence-corrected chi connectivity index (χ3v) is 6.07. The molecule has 2 aromatic carbocycles. The summed E-state index contributed by atoms with van der Waals surface area (Å²) < 4.78 is 12.3. The average molecular weight is 422 g/mol. The SMILES string of the molecule is C[C@@H]1C(=O)c2c(O)c([C@@H](CC(=O)O)c3ccccc3)c3c(c2O[C@@H]1C)C=CC(C)(C)O3. The summed E-state index contributed by atoms with van der Waals surface area (Å²) in [6.07, 6.45) is 3.07. The second-order valence-corrected chi connectivity index (χ2v) is 8.79. The van der Waals surface area contributed by atoms with Crippen LogP contribution in [0.25, 0.3) is 6.08 Å². The topological polar surface area (TPSA) is 93.1 Å². The first-order chi connectivity index (χ1) is 14.6. The Morgan fingerprint density at radius 1 is 1.16 bits per heavy atom. The molecule has 0 aliphatic carbocycles. The van der Waals surface area contributed by atoms with Crippen molar-refractivity contribution >= 4 is 17.8 Å². The summed E-state index contributed by atoms with van der Waals surface area (Å²) in [7, 11) is 0. The highest BCUT2D eigenvalue weighted by Gasteiger charge is 2.42. The molecule has 0 spiro atoms. The van der Waals surface area contributed by atoms with E-state index in [0.717, 1.165) is 0 Å². The number of rotatable bonds is 4. The zero-order valence-electron chi connectivity index (χ0n) is 18.0. The summed E-state index contributed by atoms with van der Waals surface area (Å²) in [5.74, 6) is -2.01. The third-order valence-electron chi connectivity index (χ3n) is 6.07. The number of ketones is 1. The van der Waals surface area contributed by atoms with Crippen LogP contribution in [0.5, 0.6) is 17.2 Å². The van der Waals surface area contributed by atoms with E-state index in [1.54, 1.807) is 6.92 Å². The number of aliphatic carboxylic acids is 1. The van der Waals surface area contributed by atoms with Crippen LogP contribution in [0.15, 0.2) is 36.4 Å². The number of Topliss-reactive ketones (excluding diaryl/α,β-unsaturated/α-hetero) is 1. The fourth-order valence-electron chi connectivity index (χ4n) is 4.22. The van der Waals surface area contributed by atoms with Crippen molar-refractivity contribution in [3.63, 3.8) is 0 Å². The van der Waals surface area contributed by atoms with E-state index in [9.17, 15) is 19.8 Å². The van der Waals surface area contributed by atoms with Gasteiger partial charge in [0.15, 0.2) is 5.78 Å². The molecule has 31 heavy (non-hydrogen) atoms. The molecule has 2 aliphatic heterocycles. The van der Waals surface area contributed by atoms with Gasteiger partial charge in [0.25, 0.3) is 0 Å². The molecule has 0 unspecified atom stereocenters. The van der Waals surface area contributed by atoms with Gasteiger partial charge < -0.3 is 19.7 Å². The summed E-state index contributed by atoms with van der Waals surface area (Å²) >= 11 is 0. The highest BCUT2D eigenvalue weighted by Crippen LogP contribution is 2.53. The second-order valence-electron chi connectivity index (χ2n) is 8.79. The smallest absolute Gasteiger partial charge is 0.304 e. The van der Waals surface area contributed by atoms with Crippen LogP contribution >= 0.6 is 0 Å². The molecule has 3 atom stereocenters. The normalized spacial score (nSPS) is 22.0. The Bertz CT molecular complexity index is 1080. The predicted octanol–water partition coefficient (Wildman–Crippen LogP) is 4.78. The van der Waals surface area contributed by atoms with E-state index in [4.69, 9.17) is 9.47 Å². The van der Waals surface area contributed by atoms with E-state index >= 15 is 0 Å². The Kier molecular flexibility index (Phi) is 5.04. The third kappa shape index (κ3) is 3.56. The Morgan fingerprint density at radius 2 is 1.84 bits per heavy atom. The zero-order chi connectivity index (χ0) is 22.5. The van der Waals surface area contributed by atoms with E-state index in [1.807, 2.05) is 63.3 Å². The summed E-state index contributed by atoms with van der Waals surface area (Å²) in [6, 6.07) is 9.09. The maximum atomic E-state index is 13.2. The molecular formula is C25H26O6. The van der Waals surface area contributed by atoms with Crippen molar-refractivity contribution in [1.82, 2.24) is 0 Å². The van der Waals surface area contributed by atoms with Crippen LogP contribution < -0.4 is 9.47 Å². The van der Waals surface area contributed by atoms with Gasteiger partial charge in [0.2, 0.25) is 0 Å². The molecule has 0 amide bonds. The van der Waals surface area contributed by atoms with Gasteiger partial charge in [-0.3, -0.25) is 9.59 Å². The second kappa shape index (κ2) is 7.45. The lowest BCUT2D eigenvalue weighted by Gasteiger charge is -2.36. The van der Waals surface area contributed by atoms with Crippen molar-refractivity contribution in [1.29, 1.82) is 0 Å². The minimum Gasteiger partial charge on any atom is -0.507 e. The first kappa shape index (κ1) is 21.0. The highest BCUT2D eigenvalue weighted by atomic mass is 16.5. The lowest BCUT2D eigenvalue weighted by atomic mass is 9.80. The number of fused-ring (bicyclic) bond motifs is 3. The Morgan fingerprint density at radius 3 is 2.48 bits per heavy atom. The molecule has 2 N–H and O–H groups in total. The average Bonchev–Trinajstić information content (AvgIpc) is 2.70. The number of carbonyl (C=O) groups excluding carboxylic acids is 1. The monoisotopic (exact) mass is 422 g/mol. The highest BCUT2D eigenvalue weighted by molar-refractivity contribution is 6.06. The minimum atomic E-state index is -1.02. The molecule has 2 aliphatic rings. The molecule has 162 valence electrons. The molecule has 0 aromatic heterocycles. The number of phenolic OH excluding ortho intramolecular Hbond substituents is 1. The van der Waals surface area contributed by atoms with Gasteiger partial charge in [-0.2, -0.15) is 0 Å². The van der Waals surface area contributed by atoms with Crippen LogP contribution in [0, 0.1) is 5.92 Å². The number of ether oxygens (including phenoxy) is 2. The summed E-state index contributed by atoms with van der Waals surface area (Å²) in [4.78, 5) is 25.0. The maximum Gasteiger partial charge on any atom is 0.304 e. The molecule has 2 aromatic rings. The number of carbonyl (C=O) groups is 2. The number of hydrogen-bond donors (Lipinski definition) is 2. The van der Waals surface area contributed by atoms with Crippen molar-refractivity contribution in [3.05, 3.63) is 58.7 Å².